The Hall–Kier alpha value is -1.68. The molecule has 0 saturated heterocycles. The van der Waals surface area contributed by atoms with Crippen LogP contribution in [0.1, 0.15) is 11.3 Å². The van der Waals surface area contributed by atoms with E-state index in [1.54, 1.807) is 6.07 Å². The van der Waals surface area contributed by atoms with Gasteiger partial charge in [0.05, 0.1) is 18.4 Å². The molecule has 8 heteroatoms. The van der Waals surface area contributed by atoms with Crippen molar-refractivity contribution in [3.8, 4) is 11.8 Å². The van der Waals surface area contributed by atoms with Crippen LogP contribution >= 0.6 is 11.6 Å². The molecule has 0 saturated carbocycles. The number of nitriles is 1. The average Bonchev–Trinajstić information content (AvgIpc) is 2.21. The van der Waals surface area contributed by atoms with E-state index in [2.05, 4.69) is 9.72 Å². The Morgan fingerprint density at radius 3 is 2.65 bits per heavy atom. The highest BCUT2D eigenvalue weighted by Gasteiger charge is 2.32. The van der Waals surface area contributed by atoms with Gasteiger partial charge in [-0.15, -0.1) is 24.8 Å². The second-order valence-corrected chi connectivity index (χ2v) is 3.22. The molecule has 17 heavy (non-hydrogen) atoms. The lowest BCUT2D eigenvalue weighted by molar-refractivity contribution is -0.275. The summed E-state index contributed by atoms with van der Waals surface area (Å²) in [6.45, 7) is 0. The molecule has 0 aliphatic heterocycles. The summed E-state index contributed by atoms with van der Waals surface area (Å²) in [5.41, 5.74) is -0.890. The minimum atomic E-state index is -4.95. The molecule has 1 rings (SSSR count). The van der Waals surface area contributed by atoms with Gasteiger partial charge in [0.2, 0.25) is 5.43 Å². The Bertz CT molecular complexity index is 504. The van der Waals surface area contributed by atoms with Crippen molar-refractivity contribution < 1.29 is 17.9 Å². The number of H-pyrrole nitrogens is 1. The summed E-state index contributed by atoms with van der Waals surface area (Å²) in [5.74, 6) is -1.20. The fraction of sp³-hybridized carbons (Fsp3) is 0.333. The maximum atomic E-state index is 11.9. The van der Waals surface area contributed by atoms with Crippen LogP contribution in [0.25, 0.3) is 0 Å². The van der Waals surface area contributed by atoms with Crippen LogP contribution in [0.15, 0.2) is 11.0 Å². The highest BCUT2D eigenvalue weighted by molar-refractivity contribution is 6.17. The van der Waals surface area contributed by atoms with E-state index in [9.17, 15) is 18.0 Å². The highest BCUT2D eigenvalue weighted by atomic mass is 35.5. The van der Waals surface area contributed by atoms with Crippen LogP contribution in [0.5, 0.6) is 5.75 Å². The zero-order valence-electron chi connectivity index (χ0n) is 8.27. The summed E-state index contributed by atoms with van der Waals surface area (Å²) in [4.78, 5) is 13.9. The number of hydrogen-bond acceptors (Lipinski definition) is 3. The van der Waals surface area contributed by atoms with Crippen LogP contribution in [0, 0.1) is 11.3 Å². The zero-order chi connectivity index (χ0) is 13.1. The van der Waals surface area contributed by atoms with Crippen LogP contribution in [0.3, 0.4) is 0 Å². The fourth-order valence-electron chi connectivity index (χ4n) is 1.17. The van der Waals surface area contributed by atoms with Crippen molar-refractivity contribution in [2.75, 3.05) is 0 Å². The largest absolute Gasteiger partial charge is 0.573 e. The van der Waals surface area contributed by atoms with Crippen LogP contribution in [-0.2, 0) is 12.3 Å². The molecule has 0 amide bonds. The van der Waals surface area contributed by atoms with Gasteiger partial charge in [-0.05, 0) is 0 Å². The van der Waals surface area contributed by atoms with Gasteiger partial charge in [-0.3, -0.25) is 4.79 Å². The number of hydrogen-bond donors (Lipinski definition) is 1. The lowest BCUT2D eigenvalue weighted by Gasteiger charge is -2.10. The molecular weight excluding hydrogens is 261 g/mol. The topological polar surface area (TPSA) is 65.9 Å². The van der Waals surface area contributed by atoms with E-state index in [0.717, 1.165) is 6.20 Å². The van der Waals surface area contributed by atoms with E-state index in [-0.39, 0.29) is 23.6 Å². The second-order valence-electron chi connectivity index (χ2n) is 2.96. The molecule has 0 atom stereocenters. The smallest absolute Gasteiger partial charge is 0.400 e. The zero-order valence-corrected chi connectivity index (χ0v) is 9.02. The Morgan fingerprint density at radius 2 is 2.18 bits per heavy atom. The molecule has 0 spiro atoms. The first kappa shape index (κ1) is 13.4. The number of pyridine rings is 1. The van der Waals surface area contributed by atoms with Crippen molar-refractivity contribution in [2.45, 2.75) is 18.7 Å². The summed E-state index contributed by atoms with van der Waals surface area (Å²) >= 11 is 5.45. The Morgan fingerprint density at radius 1 is 1.53 bits per heavy atom. The third kappa shape index (κ3) is 3.39. The number of aromatic amines is 1. The Balaban J connectivity index is 3.22. The first-order valence-corrected chi connectivity index (χ1v) is 4.84. The summed E-state index contributed by atoms with van der Waals surface area (Å²) in [7, 11) is 0. The van der Waals surface area contributed by atoms with Crippen LogP contribution in [0.4, 0.5) is 13.2 Å². The summed E-state index contributed by atoms with van der Waals surface area (Å²) in [6, 6.07) is 1.76. The molecule has 0 fully saturated rings. The standard InChI is InChI=1S/C9H6ClF3N2O2/c10-3-5-6(1-2-14)15-4-7(8(5)16)17-9(11,12)13/h4H,1,3H2,(H,15,16). The Labute approximate surface area is 98.6 Å². The first-order chi connectivity index (χ1) is 7.89. The lowest BCUT2D eigenvalue weighted by Crippen LogP contribution is -2.24. The summed E-state index contributed by atoms with van der Waals surface area (Å²) in [6.07, 6.45) is -4.34. The predicted molar refractivity (Wildman–Crippen MR) is 52.6 cm³/mol. The first-order valence-electron chi connectivity index (χ1n) is 4.31. The van der Waals surface area contributed by atoms with E-state index in [4.69, 9.17) is 16.9 Å². The SMILES string of the molecule is N#CCc1[nH]cc(OC(F)(F)F)c(=O)c1CCl. The normalized spacial score (nSPS) is 11.0. The fourth-order valence-corrected chi connectivity index (χ4v) is 1.45. The molecule has 0 aliphatic rings. The van der Waals surface area contributed by atoms with E-state index in [1.165, 1.54) is 0 Å². The monoisotopic (exact) mass is 266 g/mol. The second kappa shape index (κ2) is 5.10. The van der Waals surface area contributed by atoms with Gasteiger partial charge >= 0.3 is 6.36 Å². The molecule has 4 nitrogen and oxygen atoms in total. The van der Waals surface area contributed by atoms with E-state index in [0.29, 0.717) is 0 Å². The number of rotatable bonds is 3. The maximum Gasteiger partial charge on any atom is 0.573 e. The van der Waals surface area contributed by atoms with E-state index >= 15 is 0 Å². The minimum absolute atomic E-state index is 0.102. The molecule has 0 bridgehead atoms. The quantitative estimate of drug-likeness (QED) is 0.852. The summed E-state index contributed by atoms with van der Waals surface area (Å²) < 4.78 is 39.4. The molecule has 1 aromatic rings. The van der Waals surface area contributed by atoms with Gasteiger partial charge < -0.3 is 9.72 Å². The molecule has 0 aliphatic carbocycles. The molecular formula is C9H6ClF3N2O2. The highest BCUT2D eigenvalue weighted by Crippen LogP contribution is 2.20. The van der Waals surface area contributed by atoms with Gasteiger partial charge in [-0.25, -0.2) is 0 Å². The van der Waals surface area contributed by atoms with Crippen molar-refractivity contribution in [1.82, 2.24) is 4.98 Å². The number of aromatic nitrogens is 1. The van der Waals surface area contributed by atoms with Gasteiger partial charge in [-0.2, -0.15) is 5.26 Å². The third-order valence-electron chi connectivity index (χ3n) is 1.85. The number of alkyl halides is 4. The van der Waals surface area contributed by atoms with Gasteiger partial charge in [-0.1, -0.05) is 0 Å². The molecule has 0 radical (unpaired) electrons. The average molecular weight is 267 g/mol. The molecule has 1 N–H and O–H groups in total. The van der Waals surface area contributed by atoms with Crippen molar-refractivity contribution >= 4 is 11.6 Å². The third-order valence-corrected chi connectivity index (χ3v) is 2.12. The predicted octanol–water partition coefficient (Wildman–Crippen LogP) is 2.08. The van der Waals surface area contributed by atoms with Crippen LogP contribution in [-0.4, -0.2) is 11.3 Å². The number of nitrogens with one attached hydrogen (secondary N) is 1. The number of nitrogens with zero attached hydrogens (tertiary/aromatic N) is 1. The van der Waals surface area contributed by atoms with Crippen molar-refractivity contribution in [3.63, 3.8) is 0 Å². The number of ether oxygens (including phenoxy) is 1. The molecule has 1 aromatic heterocycles. The van der Waals surface area contributed by atoms with Gasteiger partial charge in [0.25, 0.3) is 0 Å². The van der Waals surface area contributed by atoms with Crippen molar-refractivity contribution in [1.29, 1.82) is 5.26 Å². The Kier molecular flexibility index (Phi) is 4.02. The molecule has 0 aromatic carbocycles. The van der Waals surface area contributed by atoms with E-state index < -0.39 is 17.5 Å². The van der Waals surface area contributed by atoms with Crippen molar-refractivity contribution in [3.05, 3.63) is 27.7 Å². The molecule has 1 heterocycles. The molecule has 92 valence electrons. The van der Waals surface area contributed by atoms with Gasteiger partial charge in [0, 0.05) is 17.5 Å². The van der Waals surface area contributed by atoms with Gasteiger partial charge in [0.15, 0.2) is 5.75 Å². The lowest BCUT2D eigenvalue weighted by atomic mass is 10.1. The van der Waals surface area contributed by atoms with Crippen LogP contribution in [0.2, 0.25) is 0 Å². The minimum Gasteiger partial charge on any atom is -0.400 e. The molecule has 0 unspecified atom stereocenters. The van der Waals surface area contributed by atoms with Crippen LogP contribution < -0.4 is 10.2 Å². The van der Waals surface area contributed by atoms with E-state index in [1.807, 2.05) is 0 Å². The number of halogens is 4. The van der Waals surface area contributed by atoms with Gasteiger partial charge in [0.1, 0.15) is 0 Å². The maximum absolute atomic E-state index is 11.9. The summed E-state index contributed by atoms with van der Waals surface area (Å²) in [5, 5.41) is 8.46. The van der Waals surface area contributed by atoms with Crippen molar-refractivity contribution in [2.24, 2.45) is 0 Å².